The Balaban J connectivity index is 2.88. The maximum atomic E-state index is 12.0. The first-order valence-corrected chi connectivity index (χ1v) is 6.59. The van der Waals surface area contributed by atoms with Gasteiger partial charge in [-0.25, -0.2) is 4.79 Å². The molecule has 6 nitrogen and oxygen atoms in total. The van der Waals surface area contributed by atoms with Gasteiger partial charge in [-0.05, 0) is 12.1 Å². The van der Waals surface area contributed by atoms with Crippen LogP contribution in [0.15, 0.2) is 18.3 Å². The number of nitrogen functional groups attached to an aromatic ring is 1. The van der Waals surface area contributed by atoms with Gasteiger partial charge < -0.3 is 15.0 Å². The lowest BCUT2D eigenvalue weighted by Crippen LogP contribution is -2.12. The van der Waals surface area contributed by atoms with E-state index in [4.69, 9.17) is 34.2 Å². The van der Waals surface area contributed by atoms with Crippen molar-refractivity contribution in [3.05, 3.63) is 45.2 Å². The number of nitrogens with two attached hydrogens (primary N) is 1. The largest absolute Gasteiger partial charge is 0.464 e. The van der Waals surface area contributed by atoms with Gasteiger partial charge in [0.05, 0.1) is 34.6 Å². The van der Waals surface area contributed by atoms with Gasteiger partial charge >= 0.3 is 5.97 Å². The molecule has 8 heteroatoms. The van der Waals surface area contributed by atoms with Gasteiger partial charge in [-0.1, -0.05) is 23.2 Å². The van der Waals surface area contributed by atoms with Crippen LogP contribution < -0.4 is 5.73 Å². The van der Waals surface area contributed by atoms with Crippen LogP contribution in [-0.4, -0.2) is 17.6 Å². The van der Waals surface area contributed by atoms with E-state index in [0.29, 0.717) is 0 Å². The van der Waals surface area contributed by atoms with Crippen LogP contribution in [0.5, 0.6) is 0 Å². The number of hydrogen-bond donors (Lipinski definition) is 1. The number of nitrogens with zero attached hydrogens (tertiary/aromatic N) is 3. The van der Waals surface area contributed by atoms with Crippen molar-refractivity contribution < 1.29 is 9.53 Å². The summed E-state index contributed by atoms with van der Waals surface area (Å²) in [6, 6.07) is 6.62. The van der Waals surface area contributed by atoms with Crippen molar-refractivity contribution in [1.29, 1.82) is 10.5 Å². The van der Waals surface area contributed by atoms with Gasteiger partial charge in [-0.15, -0.1) is 0 Å². The van der Waals surface area contributed by atoms with Crippen LogP contribution in [0.3, 0.4) is 0 Å². The van der Waals surface area contributed by atoms with E-state index in [9.17, 15) is 10.1 Å². The molecule has 0 amide bonds. The minimum Gasteiger partial charge on any atom is -0.464 e. The molecular weight excluding hydrogens is 327 g/mol. The molecule has 2 N–H and O–H groups in total. The highest BCUT2D eigenvalue weighted by atomic mass is 35.5. The molecule has 0 unspecified atom stereocenters. The van der Waals surface area contributed by atoms with E-state index in [-0.39, 0.29) is 38.2 Å². The van der Waals surface area contributed by atoms with Crippen molar-refractivity contribution in [1.82, 2.24) is 4.57 Å². The van der Waals surface area contributed by atoms with Crippen molar-refractivity contribution >= 4 is 34.9 Å². The molecule has 0 aliphatic rings. The summed E-state index contributed by atoms with van der Waals surface area (Å²) < 4.78 is 5.93. The Kier molecular flexibility index (Phi) is 4.27. The minimum atomic E-state index is -0.756. The maximum absolute atomic E-state index is 12.0. The van der Waals surface area contributed by atoms with Gasteiger partial charge in [0, 0.05) is 11.2 Å². The first-order valence-electron chi connectivity index (χ1n) is 5.83. The number of carbonyl (C=O) groups excluding carboxylic acids is 1. The maximum Gasteiger partial charge on any atom is 0.357 e. The van der Waals surface area contributed by atoms with Crippen molar-refractivity contribution in [3.8, 4) is 17.8 Å². The predicted octanol–water partition coefficient (Wildman–Crippen LogP) is 2.90. The second-order valence-corrected chi connectivity index (χ2v) is 5.02. The number of ether oxygens (including phenoxy) is 1. The summed E-state index contributed by atoms with van der Waals surface area (Å²) in [4.78, 5) is 12.0. The molecule has 2 aromatic rings. The Morgan fingerprint density at radius 2 is 1.91 bits per heavy atom. The monoisotopic (exact) mass is 334 g/mol. The van der Waals surface area contributed by atoms with Gasteiger partial charge in [0.25, 0.3) is 0 Å². The van der Waals surface area contributed by atoms with E-state index in [1.54, 1.807) is 0 Å². The number of methoxy groups -OCH3 is 1. The molecule has 110 valence electrons. The fourth-order valence-corrected chi connectivity index (χ4v) is 2.57. The van der Waals surface area contributed by atoms with E-state index in [1.165, 1.54) is 30.0 Å². The third-order valence-electron chi connectivity index (χ3n) is 2.93. The Hall–Kier alpha value is -2.67. The number of rotatable bonds is 2. The smallest absolute Gasteiger partial charge is 0.357 e. The number of carbonyl (C=O) groups is 1. The predicted molar refractivity (Wildman–Crippen MR) is 81.0 cm³/mol. The van der Waals surface area contributed by atoms with Gasteiger partial charge in [0.2, 0.25) is 0 Å². The van der Waals surface area contributed by atoms with Gasteiger partial charge in [0.15, 0.2) is 5.69 Å². The molecule has 0 aliphatic heterocycles. The van der Waals surface area contributed by atoms with Crippen molar-refractivity contribution in [2.24, 2.45) is 0 Å². The van der Waals surface area contributed by atoms with Gasteiger partial charge in [-0.2, -0.15) is 10.5 Å². The van der Waals surface area contributed by atoms with Crippen molar-refractivity contribution in [2.75, 3.05) is 12.8 Å². The van der Waals surface area contributed by atoms with Crippen LogP contribution in [0.2, 0.25) is 10.0 Å². The highest BCUT2D eigenvalue weighted by molar-refractivity contribution is 6.36. The zero-order chi connectivity index (χ0) is 16.4. The Morgan fingerprint density at radius 1 is 1.27 bits per heavy atom. The molecule has 0 saturated carbocycles. The Morgan fingerprint density at radius 3 is 2.45 bits per heavy atom. The number of benzene rings is 1. The molecule has 0 bridgehead atoms. The molecule has 1 aromatic heterocycles. The molecule has 0 spiro atoms. The average Bonchev–Trinajstić information content (AvgIpc) is 2.81. The molecule has 2 rings (SSSR count). The fraction of sp³-hybridized carbons (Fsp3) is 0.0714. The molecule has 1 aromatic carbocycles. The van der Waals surface area contributed by atoms with Crippen LogP contribution in [0.4, 0.5) is 5.69 Å². The molecule has 22 heavy (non-hydrogen) atoms. The van der Waals surface area contributed by atoms with Crippen LogP contribution in [0, 0.1) is 22.7 Å². The molecule has 0 fully saturated rings. The second kappa shape index (κ2) is 5.98. The second-order valence-electron chi connectivity index (χ2n) is 4.17. The Labute approximate surface area is 135 Å². The minimum absolute atomic E-state index is 0.0516. The third kappa shape index (κ3) is 2.46. The number of nitriles is 2. The van der Waals surface area contributed by atoms with E-state index in [0.717, 1.165) is 0 Å². The highest BCUT2D eigenvalue weighted by Crippen LogP contribution is 2.33. The molecule has 0 aliphatic carbocycles. The number of halogens is 2. The van der Waals surface area contributed by atoms with Crippen LogP contribution in [0.1, 0.15) is 21.6 Å². The van der Waals surface area contributed by atoms with E-state index >= 15 is 0 Å². The van der Waals surface area contributed by atoms with Crippen molar-refractivity contribution in [3.63, 3.8) is 0 Å². The summed E-state index contributed by atoms with van der Waals surface area (Å²) in [7, 11) is 1.18. The summed E-state index contributed by atoms with van der Waals surface area (Å²) in [6.45, 7) is 0. The molecule has 0 atom stereocenters. The van der Waals surface area contributed by atoms with Crippen LogP contribution in [0.25, 0.3) is 5.69 Å². The Bertz CT molecular complexity index is 859. The van der Waals surface area contributed by atoms with Gasteiger partial charge in [0.1, 0.15) is 12.1 Å². The summed E-state index contributed by atoms with van der Waals surface area (Å²) in [5.41, 5.74) is 6.06. The SMILES string of the molecule is COC(=O)c1c(N)c(C#N)cn1-c1c(Cl)cc(Cl)cc1C#N. The number of aromatic nitrogens is 1. The zero-order valence-corrected chi connectivity index (χ0v) is 12.7. The lowest BCUT2D eigenvalue weighted by molar-refractivity contribution is 0.0593. The fourth-order valence-electron chi connectivity index (χ4n) is 1.99. The number of esters is 1. The normalized spacial score (nSPS) is 9.86. The van der Waals surface area contributed by atoms with Crippen molar-refractivity contribution in [2.45, 2.75) is 0 Å². The molecule has 0 saturated heterocycles. The van der Waals surface area contributed by atoms with Crippen LogP contribution >= 0.6 is 23.2 Å². The molecule has 0 radical (unpaired) electrons. The number of hydrogen-bond acceptors (Lipinski definition) is 5. The standard InChI is InChI=1S/C14H8Cl2N4O2/c1-22-14(21)13-11(19)8(5-18)6-20(13)12-7(4-17)2-9(15)3-10(12)16/h2-3,6H,19H2,1H3. The first-order chi connectivity index (χ1) is 10.4. The summed E-state index contributed by atoms with van der Waals surface area (Å²) in [5.74, 6) is -0.756. The average molecular weight is 335 g/mol. The lowest BCUT2D eigenvalue weighted by Gasteiger charge is -2.12. The first kappa shape index (κ1) is 15.7. The third-order valence-corrected chi connectivity index (χ3v) is 3.44. The topological polar surface area (TPSA) is 105 Å². The van der Waals surface area contributed by atoms with E-state index in [2.05, 4.69) is 4.74 Å². The lowest BCUT2D eigenvalue weighted by atomic mass is 10.2. The molecule has 1 heterocycles. The summed E-state index contributed by atoms with van der Waals surface area (Å²) in [5, 5.41) is 18.7. The summed E-state index contributed by atoms with van der Waals surface area (Å²) >= 11 is 12.0. The highest BCUT2D eigenvalue weighted by Gasteiger charge is 2.24. The zero-order valence-electron chi connectivity index (χ0n) is 11.2. The van der Waals surface area contributed by atoms with E-state index in [1.807, 2.05) is 12.1 Å². The van der Waals surface area contributed by atoms with Gasteiger partial charge in [-0.3, -0.25) is 0 Å². The quantitative estimate of drug-likeness (QED) is 0.850. The summed E-state index contributed by atoms with van der Waals surface area (Å²) in [6.07, 6.45) is 1.32. The van der Waals surface area contributed by atoms with E-state index < -0.39 is 5.97 Å². The molecular formula is C14H8Cl2N4O2. The van der Waals surface area contributed by atoms with Crippen LogP contribution in [-0.2, 0) is 4.74 Å². The number of anilines is 1.